The average molecular weight is 432 g/mol. The number of hydrogen-bond acceptors (Lipinski definition) is 7. The summed E-state index contributed by atoms with van der Waals surface area (Å²) in [4.78, 5) is 9.64. The summed E-state index contributed by atoms with van der Waals surface area (Å²) in [5, 5.41) is 10.9. The fourth-order valence-electron chi connectivity index (χ4n) is 2.84. The third-order valence-electron chi connectivity index (χ3n) is 4.18. The molecule has 1 aliphatic heterocycles. The molecule has 148 valence electrons. The summed E-state index contributed by atoms with van der Waals surface area (Å²) >= 11 is 0. The van der Waals surface area contributed by atoms with Crippen LogP contribution in [0.15, 0.2) is 81.4 Å². The first-order valence-corrected chi connectivity index (χ1v) is 11.1. The first kappa shape index (κ1) is 18.9. The van der Waals surface area contributed by atoms with Gasteiger partial charge in [-0.15, -0.1) is 0 Å². The number of sulfone groups is 1. The molecular weight excluding hydrogens is 420 g/mol. The molecule has 0 aromatic heterocycles. The predicted octanol–water partition coefficient (Wildman–Crippen LogP) is 3.33. The van der Waals surface area contributed by atoms with Crippen LogP contribution < -0.4 is 9.46 Å². The Morgan fingerprint density at radius 3 is 2.38 bits per heavy atom. The third-order valence-corrected chi connectivity index (χ3v) is 7.38. The van der Waals surface area contributed by atoms with Crippen molar-refractivity contribution in [1.82, 2.24) is 0 Å². The summed E-state index contributed by atoms with van der Waals surface area (Å²) in [6.07, 6.45) is 0. The van der Waals surface area contributed by atoms with E-state index in [0.717, 1.165) is 12.1 Å². The summed E-state index contributed by atoms with van der Waals surface area (Å²) in [6.45, 7) is 0. The first-order chi connectivity index (χ1) is 13.7. The molecule has 1 N–H and O–H groups in total. The molecule has 1 heterocycles. The summed E-state index contributed by atoms with van der Waals surface area (Å²) in [7, 11) is -8.09. The lowest BCUT2D eigenvalue weighted by atomic mass is 10.3. The van der Waals surface area contributed by atoms with Crippen molar-refractivity contribution >= 4 is 31.2 Å². The van der Waals surface area contributed by atoms with Crippen LogP contribution in [0, 0.1) is 10.1 Å². The van der Waals surface area contributed by atoms with E-state index < -0.39 is 24.8 Å². The number of rotatable bonds is 4. The van der Waals surface area contributed by atoms with Gasteiger partial charge in [0.15, 0.2) is 0 Å². The molecule has 0 amide bonds. The molecule has 0 radical (unpaired) electrons. The highest BCUT2D eigenvalue weighted by atomic mass is 32.2. The van der Waals surface area contributed by atoms with Crippen molar-refractivity contribution in [2.75, 3.05) is 4.72 Å². The Bertz CT molecular complexity index is 1370. The van der Waals surface area contributed by atoms with Crippen LogP contribution in [0.5, 0.6) is 11.5 Å². The Morgan fingerprint density at radius 1 is 0.897 bits per heavy atom. The molecule has 0 saturated heterocycles. The highest BCUT2D eigenvalue weighted by molar-refractivity contribution is 7.93. The van der Waals surface area contributed by atoms with E-state index in [0.29, 0.717) is 0 Å². The number of nitrogens with one attached hydrogen (secondary N) is 1. The highest BCUT2D eigenvalue weighted by Crippen LogP contribution is 2.43. The normalized spacial score (nSPS) is 14.2. The first-order valence-electron chi connectivity index (χ1n) is 8.12. The number of non-ortho nitro benzene ring substituents is 1. The van der Waals surface area contributed by atoms with Gasteiger partial charge in [-0.3, -0.25) is 14.8 Å². The minimum atomic E-state index is -4.18. The van der Waals surface area contributed by atoms with Crippen LogP contribution in [0.1, 0.15) is 0 Å². The standard InChI is InChI=1S/C18H12N2O7S2/c21-20(22)13-4-3-5-14(11-13)29(25,26)19-12-8-9-16-18(10-12)28(23,24)17-7-2-1-6-15(17)27-16/h1-11,19H. The lowest BCUT2D eigenvalue weighted by molar-refractivity contribution is -0.385. The number of anilines is 1. The molecule has 0 unspecified atom stereocenters. The molecule has 1 aliphatic rings. The van der Waals surface area contributed by atoms with Gasteiger partial charge in [0.2, 0.25) is 9.84 Å². The molecule has 3 aromatic rings. The van der Waals surface area contributed by atoms with Gasteiger partial charge in [0.1, 0.15) is 21.3 Å². The summed E-state index contributed by atoms with van der Waals surface area (Å²) in [5.74, 6) is 0.256. The van der Waals surface area contributed by atoms with Gasteiger partial charge in [0.25, 0.3) is 15.7 Å². The minimum absolute atomic E-state index is 0.0220. The van der Waals surface area contributed by atoms with Crippen LogP contribution in [0.25, 0.3) is 0 Å². The molecule has 29 heavy (non-hydrogen) atoms. The molecule has 11 heteroatoms. The molecule has 0 bridgehead atoms. The van der Waals surface area contributed by atoms with E-state index in [4.69, 9.17) is 4.74 Å². The zero-order chi connectivity index (χ0) is 20.8. The second-order valence-corrected chi connectivity index (χ2v) is 9.64. The van der Waals surface area contributed by atoms with Gasteiger partial charge < -0.3 is 4.74 Å². The predicted molar refractivity (Wildman–Crippen MR) is 102 cm³/mol. The maximum absolute atomic E-state index is 12.9. The number of para-hydroxylation sites is 1. The number of benzene rings is 3. The number of nitrogens with zero attached hydrogens (tertiary/aromatic N) is 1. The van der Waals surface area contributed by atoms with Gasteiger partial charge in [-0.05, 0) is 36.4 Å². The lowest BCUT2D eigenvalue weighted by Crippen LogP contribution is -2.15. The fraction of sp³-hybridized carbons (Fsp3) is 0. The Balaban J connectivity index is 1.73. The monoisotopic (exact) mass is 432 g/mol. The zero-order valence-electron chi connectivity index (χ0n) is 14.5. The molecule has 4 rings (SSSR count). The second-order valence-electron chi connectivity index (χ2n) is 6.07. The maximum atomic E-state index is 12.9. The van der Waals surface area contributed by atoms with Gasteiger partial charge in [0.05, 0.1) is 15.5 Å². The molecule has 0 aliphatic carbocycles. The smallest absolute Gasteiger partial charge is 0.270 e. The van der Waals surface area contributed by atoms with Crippen LogP contribution >= 0.6 is 0 Å². The Morgan fingerprint density at radius 2 is 1.62 bits per heavy atom. The number of ether oxygens (including phenoxy) is 1. The molecular formula is C18H12N2O7S2. The van der Waals surface area contributed by atoms with E-state index in [1.807, 2.05) is 0 Å². The minimum Gasteiger partial charge on any atom is -0.455 e. The quantitative estimate of drug-likeness (QED) is 0.386. The van der Waals surface area contributed by atoms with Crippen LogP contribution in [0.4, 0.5) is 11.4 Å². The third kappa shape index (κ3) is 3.30. The Labute approximate surface area is 165 Å². The van der Waals surface area contributed by atoms with Gasteiger partial charge >= 0.3 is 0 Å². The van der Waals surface area contributed by atoms with Gasteiger partial charge in [-0.1, -0.05) is 18.2 Å². The van der Waals surface area contributed by atoms with Crippen molar-refractivity contribution in [3.63, 3.8) is 0 Å². The number of fused-ring (bicyclic) bond motifs is 2. The van der Waals surface area contributed by atoms with E-state index in [-0.39, 0.29) is 37.6 Å². The van der Waals surface area contributed by atoms with Crippen molar-refractivity contribution in [3.8, 4) is 11.5 Å². The summed E-state index contributed by atoms with van der Waals surface area (Å²) in [5.41, 5.74) is -0.410. The molecule has 0 saturated carbocycles. The number of nitro groups is 1. The van der Waals surface area contributed by atoms with Crippen LogP contribution in [0.3, 0.4) is 0 Å². The largest absolute Gasteiger partial charge is 0.455 e. The van der Waals surface area contributed by atoms with Crippen molar-refractivity contribution in [3.05, 3.63) is 76.8 Å². The SMILES string of the molecule is O=[N+]([O-])c1cccc(S(=O)(=O)Nc2ccc3c(c2)S(=O)(=O)c2ccccc2O3)c1. The van der Waals surface area contributed by atoms with E-state index in [2.05, 4.69) is 4.72 Å². The lowest BCUT2D eigenvalue weighted by Gasteiger charge is -2.21. The van der Waals surface area contributed by atoms with Crippen molar-refractivity contribution in [2.45, 2.75) is 14.7 Å². The van der Waals surface area contributed by atoms with Gasteiger partial charge in [-0.25, -0.2) is 16.8 Å². The Kier molecular flexibility index (Phi) is 4.28. The average Bonchev–Trinajstić information content (AvgIpc) is 2.68. The Hall–Kier alpha value is -3.44. The van der Waals surface area contributed by atoms with Crippen molar-refractivity contribution < 1.29 is 26.5 Å². The number of hydrogen-bond donors (Lipinski definition) is 1. The zero-order valence-corrected chi connectivity index (χ0v) is 16.1. The topological polar surface area (TPSA) is 133 Å². The van der Waals surface area contributed by atoms with E-state index in [9.17, 15) is 26.9 Å². The van der Waals surface area contributed by atoms with E-state index >= 15 is 0 Å². The summed E-state index contributed by atoms with van der Waals surface area (Å²) < 4.78 is 58.8. The number of sulfonamides is 1. The molecule has 0 atom stereocenters. The van der Waals surface area contributed by atoms with Crippen LogP contribution in [0.2, 0.25) is 0 Å². The van der Waals surface area contributed by atoms with Crippen LogP contribution in [-0.2, 0) is 19.9 Å². The molecule has 0 spiro atoms. The highest BCUT2D eigenvalue weighted by Gasteiger charge is 2.31. The molecule has 9 nitrogen and oxygen atoms in total. The number of nitro benzene ring substituents is 1. The summed E-state index contributed by atoms with van der Waals surface area (Å²) in [6, 6.07) is 14.5. The van der Waals surface area contributed by atoms with E-state index in [1.165, 1.54) is 42.5 Å². The molecule has 3 aromatic carbocycles. The molecule has 0 fully saturated rings. The van der Waals surface area contributed by atoms with Crippen molar-refractivity contribution in [2.24, 2.45) is 0 Å². The van der Waals surface area contributed by atoms with Gasteiger partial charge in [-0.2, -0.15) is 0 Å². The maximum Gasteiger partial charge on any atom is 0.270 e. The second kappa shape index (κ2) is 6.57. The fourth-order valence-corrected chi connectivity index (χ4v) is 5.45. The van der Waals surface area contributed by atoms with Gasteiger partial charge in [0, 0.05) is 12.1 Å². The van der Waals surface area contributed by atoms with Crippen LogP contribution in [-0.4, -0.2) is 21.8 Å². The van der Waals surface area contributed by atoms with Crippen molar-refractivity contribution in [1.29, 1.82) is 0 Å². The van der Waals surface area contributed by atoms with E-state index in [1.54, 1.807) is 12.1 Å².